The zero-order valence-electron chi connectivity index (χ0n) is 11.1. The number of hydrogen-bond donors (Lipinski definition) is 1. The minimum Gasteiger partial charge on any atom is -0.329 e. The van der Waals surface area contributed by atoms with Crippen LogP contribution in [0, 0.1) is 6.92 Å². The summed E-state index contributed by atoms with van der Waals surface area (Å²) >= 11 is 5.79. The Morgan fingerprint density at radius 2 is 1.60 bits per heavy atom. The average molecular weight is 310 g/mol. The van der Waals surface area contributed by atoms with Crippen LogP contribution in [0.15, 0.2) is 53.4 Å². The average Bonchev–Trinajstić information content (AvgIpc) is 2.42. The van der Waals surface area contributed by atoms with E-state index in [2.05, 4.69) is 0 Å². The van der Waals surface area contributed by atoms with Gasteiger partial charge in [-0.05, 0) is 36.8 Å². The third-order valence-electron chi connectivity index (χ3n) is 3.18. The summed E-state index contributed by atoms with van der Waals surface area (Å²) in [7, 11) is -3.52. The molecule has 0 aliphatic carbocycles. The van der Waals surface area contributed by atoms with E-state index < -0.39 is 15.1 Å². The number of hydrogen-bond acceptors (Lipinski definition) is 3. The largest absolute Gasteiger partial charge is 0.329 e. The van der Waals surface area contributed by atoms with Crippen LogP contribution in [0.2, 0.25) is 5.02 Å². The number of rotatable bonds is 4. The first-order chi connectivity index (χ1) is 9.45. The zero-order valence-corrected chi connectivity index (χ0v) is 12.7. The molecule has 0 bridgehead atoms. The van der Waals surface area contributed by atoms with Gasteiger partial charge in [0.15, 0.2) is 9.84 Å². The highest BCUT2D eigenvalue weighted by Gasteiger charge is 2.27. The number of halogens is 1. The van der Waals surface area contributed by atoms with E-state index in [9.17, 15) is 8.42 Å². The predicted molar refractivity (Wildman–Crippen MR) is 81.6 cm³/mol. The van der Waals surface area contributed by atoms with E-state index in [1.54, 1.807) is 24.3 Å². The molecule has 106 valence electrons. The number of nitrogens with two attached hydrogens (primary N) is 1. The lowest BCUT2D eigenvalue weighted by atomic mass is 10.1. The first kappa shape index (κ1) is 15.0. The van der Waals surface area contributed by atoms with Crippen LogP contribution in [-0.4, -0.2) is 15.0 Å². The van der Waals surface area contributed by atoms with E-state index in [0.717, 1.165) is 5.56 Å². The van der Waals surface area contributed by atoms with Crippen molar-refractivity contribution in [2.24, 2.45) is 5.73 Å². The molecule has 0 amide bonds. The predicted octanol–water partition coefficient (Wildman–Crippen LogP) is 3.12. The second kappa shape index (κ2) is 5.95. The van der Waals surface area contributed by atoms with Gasteiger partial charge >= 0.3 is 0 Å². The van der Waals surface area contributed by atoms with Crippen molar-refractivity contribution in [3.8, 4) is 0 Å². The lowest BCUT2D eigenvalue weighted by molar-refractivity contribution is 0.582. The molecule has 0 aliphatic rings. The van der Waals surface area contributed by atoms with E-state index in [1.165, 1.54) is 12.1 Å². The smallest absolute Gasteiger partial charge is 0.186 e. The molecule has 3 nitrogen and oxygen atoms in total. The van der Waals surface area contributed by atoms with Crippen molar-refractivity contribution in [3.63, 3.8) is 0 Å². The topological polar surface area (TPSA) is 60.2 Å². The summed E-state index contributed by atoms with van der Waals surface area (Å²) in [5.74, 6) is 0. The third kappa shape index (κ3) is 3.03. The summed E-state index contributed by atoms with van der Waals surface area (Å²) in [6.45, 7) is 1.99. The van der Waals surface area contributed by atoms with Gasteiger partial charge in [-0.25, -0.2) is 8.42 Å². The lowest BCUT2D eigenvalue weighted by Gasteiger charge is -2.16. The van der Waals surface area contributed by atoms with Crippen LogP contribution in [0.1, 0.15) is 16.4 Å². The van der Waals surface area contributed by atoms with Gasteiger partial charge in [0.2, 0.25) is 0 Å². The Morgan fingerprint density at radius 1 is 1.05 bits per heavy atom. The van der Waals surface area contributed by atoms with Crippen LogP contribution in [0.25, 0.3) is 0 Å². The first-order valence-corrected chi connectivity index (χ1v) is 8.13. The normalized spacial score (nSPS) is 13.2. The van der Waals surface area contributed by atoms with Crippen molar-refractivity contribution in [1.82, 2.24) is 0 Å². The highest BCUT2D eigenvalue weighted by Crippen LogP contribution is 2.29. The van der Waals surface area contributed by atoms with Gasteiger partial charge in [-0.2, -0.15) is 0 Å². The van der Waals surface area contributed by atoms with Crippen LogP contribution >= 0.6 is 11.6 Å². The summed E-state index contributed by atoms with van der Waals surface area (Å²) < 4.78 is 25.3. The molecule has 2 N–H and O–H groups in total. The molecular formula is C15H16ClNO2S. The van der Waals surface area contributed by atoms with Gasteiger partial charge in [-0.15, -0.1) is 0 Å². The van der Waals surface area contributed by atoms with Gasteiger partial charge in [-0.3, -0.25) is 0 Å². The van der Waals surface area contributed by atoms with E-state index in [4.69, 9.17) is 17.3 Å². The van der Waals surface area contributed by atoms with Gasteiger partial charge in [-0.1, -0.05) is 41.4 Å². The molecule has 0 heterocycles. The Morgan fingerprint density at radius 3 is 2.10 bits per heavy atom. The molecule has 20 heavy (non-hydrogen) atoms. The molecule has 0 fully saturated rings. The van der Waals surface area contributed by atoms with E-state index in [-0.39, 0.29) is 11.4 Å². The summed E-state index contributed by atoms with van der Waals surface area (Å²) in [4.78, 5) is 0.234. The van der Waals surface area contributed by atoms with Gasteiger partial charge in [0.05, 0.1) is 4.90 Å². The second-order valence-electron chi connectivity index (χ2n) is 4.63. The molecule has 0 saturated heterocycles. The molecule has 2 aromatic rings. The highest BCUT2D eigenvalue weighted by molar-refractivity contribution is 7.91. The molecule has 0 spiro atoms. The van der Waals surface area contributed by atoms with Crippen LogP contribution in [0.4, 0.5) is 0 Å². The minimum atomic E-state index is -3.52. The molecule has 0 saturated carbocycles. The molecule has 5 heteroatoms. The molecule has 2 rings (SSSR count). The van der Waals surface area contributed by atoms with Crippen LogP contribution in [0.3, 0.4) is 0 Å². The first-order valence-electron chi connectivity index (χ1n) is 6.21. The molecule has 0 unspecified atom stereocenters. The molecular weight excluding hydrogens is 294 g/mol. The van der Waals surface area contributed by atoms with Crippen molar-refractivity contribution in [2.75, 3.05) is 6.54 Å². The Labute approximate surface area is 124 Å². The monoisotopic (exact) mass is 309 g/mol. The summed E-state index contributed by atoms with van der Waals surface area (Å²) in [5.41, 5.74) is 7.47. The van der Waals surface area contributed by atoms with Gasteiger partial charge in [0.25, 0.3) is 0 Å². The Bertz CT molecular complexity index is 679. The number of sulfone groups is 1. The van der Waals surface area contributed by atoms with Crippen molar-refractivity contribution in [2.45, 2.75) is 17.1 Å². The number of aryl methyl sites for hydroxylation is 1. The van der Waals surface area contributed by atoms with Crippen LogP contribution in [-0.2, 0) is 9.84 Å². The fourth-order valence-electron chi connectivity index (χ4n) is 2.01. The van der Waals surface area contributed by atoms with Gasteiger partial charge < -0.3 is 5.73 Å². The summed E-state index contributed by atoms with van der Waals surface area (Å²) in [6.07, 6.45) is 0. The molecule has 1 atom stereocenters. The standard InChI is InChI=1S/C15H16ClNO2S/c1-11-2-4-12(5-3-11)15(10-17)20(18,19)14-8-6-13(16)7-9-14/h2-9,15H,10,17H2,1H3/t15-/m0/s1. The second-order valence-corrected chi connectivity index (χ2v) is 7.20. The van der Waals surface area contributed by atoms with Gasteiger partial charge in [0.1, 0.15) is 5.25 Å². The summed E-state index contributed by atoms with van der Waals surface area (Å²) in [6, 6.07) is 13.5. The molecule has 2 aromatic carbocycles. The van der Waals surface area contributed by atoms with Crippen molar-refractivity contribution in [3.05, 3.63) is 64.7 Å². The van der Waals surface area contributed by atoms with E-state index in [1.807, 2.05) is 19.1 Å². The van der Waals surface area contributed by atoms with E-state index >= 15 is 0 Å². The highest BCUT2D eigenvalue weighted by atomic mass is 35.5. The fourth-order valence-corrected chi connectivity index (χ4v) is 3.75. The molecule has 0 aliphatic heterocycles. The lowest BCUT2D eigenvalue weighted by Crippen LogP contribution is -2.22. The Hall–Kier alpha value is -1.36. The Balaban J connectivity index is 2.44. The SMILES string of the molecule is Cc1ccc([C@H](CN)S(=O)(=O)c2ccc(Cl)cc2)cc1. The minimum absolute atomic E-state index is 0.0357. The maximum atomic E-state index is 12.6. The van der Waals surface area contributed by atoms with Crippen LogP contribution < -0.4 is 5.73 Å². The van der Waals surface area contributed by atoms with Gasteiger partial charge in [0, 0.05) is 11.6 Å². The van der Waals surface area contributed by atoms with Crippen LogP contribution in [0.5, 0.6) is 0 Å². The molecule has 0 aromatic heterocycles. The maximum absolute atomic E-state index is 12.6. The summed E-state index contributed by atoms with van der Waals surface area (Å²) in [5, 5.41) is -0.243. The zero-order chi connectivity index (χ0) is 14.8. The Kier molecular flexibility index (Phi) is 4.48. The quantitative estimate of drug-likeness (QED) is 0.944. The maximum Gasteiger partial charge on any atom is 0.186 e. The van der Waals surface area contributed by atoms with Crippen molar-refractivity contribution >= 4 is 21.4 Å². The fraction of sp³-hybridized carbons (Fsp3) is 0.200. The third-order valence-corrected chi connectivity index (χ3v) is 5.57. The van der Waals surface area contributed by atoms with E-state index in [0.29, 0.717) is 10.6 Å². The molecule has 0 radical (unpaired) electrons. The van der Waals surface area contributed by atoms with Crippen molar-refractivity contribution in [1.29, 1.82) is 0 Å². The van der Waals surface area contributed by atoms with Crippen molar-refractivity contribution < 1.29 is 8.42 Å². The number of benzene rings is 2.